The van der Waals surface area contributed by atoms with Crippen molar-refractivity contribution in [1.29, 1.82) is 0 Å². The van der Waals surface area contributed by atoms with E-state index >= 15 is 0 Å². The maximum Gasteiger partial charge on any atom is 0.242 e. The predicted octanol–water partition coefficient (Wildman–Crippen LogP) is 2.38. The summed E-state index contributed by atoms with van der Waals surface area (Å²) in [4.78, 5) is 16.1. The van der Waals surface area contributed by atoms with Crippen LogP contribution < -0.4 is 10.6 Å². The first-order chi connectivity index (χ1) is 8.72. The Hall–Kier alpha value is -1.62. The lowest BCUT2D eigenvalue weighted by atomic mass is 10.2. The molecule has 1 heterocycles. The van der Waals surface area contributed by atoms with Gasteiger partial charge in [0, 0.05) is 11.7 Å². The van der Waals surface area contributed by atoms with Crippen molar-refractivity contribution in [2.24, 2.45) is 0 Å². The molecule has 1 aromatic carbocycles. The Morgan fingerprint density at radius 1 is 1.50 bits per heavy atom. The van der Waals surface area contributed by atoms with Crippen molar-refractivity contribution in [3.8, 4) is 0 Å². The molecule has 1 atom stereocenters. The molecule has 4 nitrogen and oxygen atoms in total. The number of benzene rings is 1. The van der Waals surface area contributed by atoms with Gasteiger partial charge in [-0.05, 0) is 38.0 Å². The number of hydrogen-bond donors (Lipinski definition) is 2. The van der Waals surface area contributed by atoms with Crippen LogP contribution in [-0.4, -0.2) is 23.0 Å². The molecule has 0 spiro atoms. The summed E-state index contributed by atoms with van der Waals surface area (Å²) < 4.78 is 1.13. The third-order valence-corrected chi connectivity index (χ3v) is 3.82. The van der Waals surface area contributed by atoms with Gasteiger partial charge < -0.3 is 10.6 Å². The fraction of sp³-hybridized carbons (Fsp3) is 0.385. The summed E-state index contributed by atoms with van der Waals surface area (Å²) in [6.45, 7) is 1.88. The number of nitrogens with zero attached hydrogens (tertiary/aromatic N) is 1. The van der Waals surface area contributed by atoms with Gasteiger partial charge in [0.2, 0.25) is 5.91 Å². The Bertz CT molecular complexity index is 576. The Kier molecular flexibility index (Phi) is 2.91. The fourth-order valence-electron chi connectivity index (χ4n) is 1.81. The van der Waals surface area contributed by atoms with Gasteiger partial charge in [0.05, 0.1) is 15.7 Å². The molecule has 2 N–H and O–H groups in total. The number of carbonyl (C=O) groups excluding carboxylic acids is 1. The third-order valence-electron chi connectivity index (χ3n) is 3.03. The van der Waals surface area contributed by atoms with Crippen molar-refractivity contribution in [1.82, 2.24) is 10.3 Å². The van der Waals surface area contributed by atoms with Gasteiger partial charge in [0.25, 0.3) is 0 Å². The number of fused-ring (bicyclic) bond motifs is 1. The van der Waals surface area contributed by atoms with Gasteiger partial charge in [-0.1, -0.05) is 0 Å². The zero-order valence-electron chi connectivity index (χ0n) is 10.1. The topological polar surface area (TPSA) is 54.0 Å². The quantitative estimate of drug-likeness (QED) is 0.888. The monoisotopic (exact) mass is 261 g/mol. The van der Waals surface area contributed by atoms with E-state index in [0.717, 1.165) is 28.7 Å². The number of thiazole rings is 1. The van der Waals surface area contributed by atoms with Crippen LogP contribution in [-0.2, 0) is 4.79 Å². The molecule has 0 saturated heterocycles. The van der Waals surface area contributed by atoms with Crippen LogP contribution in [0.4, 0.5) is 5.69 Å². The highest BCUT2D eigenvalue weighted by atomic mass is 32.1. The highest BCUT2D eigenvalue weighted by molar-refractivity contribution is 7.16. The lowest BCUT2D eigenvalue weighted by Crippen LogP contribution is -2.38. The van der Waals surface area contributed by atoms with Crippen molar-refractivity contribution < 1.29 is 4.79 Å². The molecule has 3 rings (SSSR count). The Balaban J connectivity index is 1.68. The van der Waals surface area contributed by atoms with Crippen LogP contribution in [0.5, 0.6) is 0 Å². The SMILES string of the molecule is CC(Nc1ccc2ncsc2c1)C(=O)NC1CC1. The molecule has 1 amide bonds. The molecule has 0 radical (unpaired) electrons. The molecule has 1 aliphatic rings. The highest BCUT2D eigenvalue weighted by Crippen LogP contribution is 2.22. The van der Waals surface area contributed by atoms with Crippen LogP contribution >= 0.6 is 11.3 Å². The molecule has 0 bridgehead atoms. The zero-order valence-corrected chi connectivity index (χ0v) is 11.0. The minimum Gasteiger partial charge on any atom is -0.374 e. The van der Waals surface area contributed by atoms with Gasteiger partial charge >= 0.3 is 0 Å². The number of rotatable bonds is 4. The summed E-state index contributed by atoms with van der Waals surface area (Å²) in [5.74, 6) is 0.0712. The molecule has 1 unspecified atom stereocenters. The molecule has 1 fully saturated rings. The van der Waals surface area contributed by atoms with E-state index in [1.165, 1.54) is 0 Å². The molecule has 1 saturated carbocycles. The van der Waals surface area contributed by atoms with E-state index in [2.05, 4.69) is 15.6 Å². The minimum atomic E-state index is -0.212. The average Bonchev–Trinajstić information content (AvgIpc) is 3.05. The minimum absolute atomic E-state index is 0.0712. The highest BCUT2D eigenvalue weighted by Gasteiger charge is 2.25. The van der Waals surface area contributed by atoms with Gasteiger partial charge in [0.1, 0.15) is 6.04 Å². The smallest absolute Gasteiger partial charge is 0.242 e. The van der Waals surface area contributed by atoms with Crippen LogP contribution in [0.15, 0.2) is 23.7 Å². The van der Waals surface area contributed by atoms with Crippen molar-refractivity contribution in [2.75, 3.05) is 5.32 Å². The van der Waals surface area contributed by atoms with Crippen LogP contribution in [0.3, 0.4) is 0 Å². The normalized spacial score (nSPS) is 16.5. The van der Waals surface area contributed by atoms with Crippen molar-refractivity contribution in [3.63, 3.8) is 0 Å². The number of aromatic nitrogens is 1. The Morgan fingerprint density at radius 2 is 2.33 bits per heavy atom. The third kappa shape index (κ3) is 2.46. The maximum absolute atomic E-state index is 11.8. The summed E-state index contributed by atoms with van der Waals surface area (Å²) in [5.41, 5.74) is 3.79. The van der Waals surface area contributed by atoms with E-state index in [1.807, 2.05) is 30.6 Å². The second-order valence-electron chi connectivity index (χ2n) is 4.68. The largest absolute Gasteiger partial charge is 0.374 e. The summed E-state index contributed by atoms with van der Waals surface area (Å²) >= 11 is 1.61. The number of amides is 1. The lowest BCUT2D eigenvalue weighted by molar-refractivity contribution is -0.121. The number of anilines is 1. The summed E-state index contributed by atoms with van der Waals surface area (Å²) in [6.07, 6.45) is 2.23. The van der Waals surface area contributed by atoms with Gasteiger partial charge in [-0.15, -0.1) is 11.3 Å². The molecular formula is C13H15N3OS. The molecule has 2 aromatic rings. The fourth-order valence-corrected chi connectivity index (χ4v) is 2.53. The van der Waals surface area contributed by atoms with E-state index in [0.29, 0.717) is 6.04 Å². The molecule has 18 heavy (non-hydrogen) atoms. The molecule has 94 valence electrons. The lowest BCUT2D eigenvalue weighted by Gasteiger charge is -2.14. The molecule has 1 aliphatic carbocycles. The molecule has 0 aliphatic heterocycles. The number of carbonyl (C=O) groups is 1. The molecule has 1 aromatic heterocycles. The van der Waals surface area contributed by atoms with E-state index in [-0.39, 0.29) is 11.9 Å². The molecular weight excluding hydrogens is 246 g/mol. The predicted molar refractivity (Wildman–Crippen MR) is 73.9 cm³/mol. The van der Waals surface area contributed by atoms with Crippen molar-refractivity contribution in [2.45, 2.75) is 31.8 Å². The first-order valence-corrected chi connectivity index (χ1v) is 7.00. The van der Waals surface area contributed by atoms with Crippen LogP contribution in [0.1, 0.15) is 19.8 Å². The van der Waals surface area contributed by atoms with Gasteiger partial charge in [-0.25, -0.2) is 4.98 Å². The maximum atomic E-state index is 11.8. The van der Waals surface area contributed by atoms with E-state index < -0.39 is 0 Å². The first-order valence-electron chi connectivity index (χ1n) is 6.12. The number of hydrogen-bond acceptors (Lipinski definition) is 4. The van der Waals surface area contributed by atoms with E-state index in [4.69, 9.17) is 0 Å². The molecule has 5 heteroatoms. The summed E-state index contributed by atoms with van der Waals surface area (Å²) in [5, 5.41) is 6.22. The Morgan fingerprint density at radius 3 is 3.11 bits per heavy atom. The summed E-state index contributed by atoms with van der Waals surface area (Å²) in [6, 6.07) is 6.16. The number of nitrogens with one attached hydrogen (secondary N) is 2. The standard InChI is InChI=1S/C13H15N3OS/c1-8(13(17)16-9-2-3-9)15-10-4-5-11-12(6-10)18-7-14-11/h4-9,15H,2-3H2,1H3,(H,16,17). The van der Waals surface area contributed by atoms with Gasteiger partial charge in [-0.3, -0.25) is 4.79 Å². The van der Waals surface area contributed by atoms with Crippen LogP contribution in [0.2, 0.25) is 0 Å². The summed E-state index contributed by atoms with van der Waals surface area (Å²) in [7, 11) is 0. The van der Waals surface area contributed by atoms with Crippen molar-refractivity contribution >= 4 is 33.1 Å². The van der Waals surface area contributed by atoms with Gasteiger partial charge in [0.15, 0.2) is 0 Å². The van der Waals surface area contributed by atoms with Crippen molar-refractivity contribution in [3.05, 3.63) is 23.7 Å². The average molecular weight is 261 g/mol. The van der Waals surface area contributed by atoms with Gasteiger partial charge in [-0.2, -0.15) is 0 Å². The van der Waals surface area contributed by atoms with Crippen LogP contribution in [0, 0.1) is 0 Å². The van der Waals surface area contributed by atoms with Crippen LogP contribution in [0.25, 0.3) is 10.2 Å². The zero-order chi connectivity index (χ0) is 12.5. The second kappa shape index (κ2) is 4.57. The van der Waals surface area contributed by atoms with E-state index in [9.17, 15) is 4.79 Å². The Labute approximate surface area is 109 Å². The second-order valence-corrected chi connectivity index (χ2v) is 5.57. The first kappa shape index (κ1) is 11.5. The van der Waals surface area contributed by atoms with E-state index in [1.54, 1.807) is 11.3 Å².